The van der Waals surface area contributed by atoms with Crippen LogP contribution in [0.5, 0.6) is 0 Å². The minimum Gasteiger partial charge on any atom is -0.320 e. The largest absolute Gasteiger partial charge is 0.320 e. The van der Waals surface area contributed by atoms with E-state index in [4.69, 9.17) is 5.73 Å². The van der Waals surface area contributed by atoms with Crippen molar-refractivity contribution in [2.75, 3.05) is 6.26 Å². The van der Waals surface area contributed by atoms with Crippen molar-refractivity contribution in [3.05, 3.63) is 64.5 Å². The van der Waals surface area contributed by atoms with Crippen LogP contribution in [0.25, 0.3) is 0 Å². The molecular weight excluding hydrogens is 257 g/mol. The van der Waals surface area contributed by atoms with Crippen molar-refractivity contribution in [3.63, 3.8) is 0 Å². The summed E-state index contributed by atoms with van der Waals surface area (Å²) in [5.74, 6) is -0.144. The van der Waals surface area contributed by atoms with Crippen LogP contribution in [0.2, 0.25) is 0 Å². The normalized spacial score (nSPS) is 12.5. The molecule has 1 unspecified atom stereocenters. The fourth-order valence-electron chi connectivity index (χ4n) is 2.26. The van der Waals surface area contributed by atoms with Gasteiger partial charge < -0.3 is 5.73 Å². The van der Waals surface area contributed by atoms with E-state index >= 15 is 0 Å². The zero-order valence-electron chi connectivity index (χ0n) is 11.4. The van der Waals surface area contributed by atoms with E-state index < -0.39 is 0 Å². The van der Waals surface area contributed by atoms with E-state index in [2.05, 4.69) is 6.07 Å². The number of benzene rings is 2. The van der Waals surface area contributed by atoms with Crippen molar-refractivity contribution in [2.24, 2.45) is 5.73 Å². The van der Waals surface area contributed by atoms with Gasteiger partial charge in [-0.25, -0.2) is 4.39 Å². The molecule has 0 fully saturated rings. The quantitative estimate of drug-likeness (QED) is 0.849. The summed E-state index contributed by atoms with van der Waals surface area (Å²) in [7, 11) is 0. The molecule has 0 spiro atoms. The number of aryl methyl sites for hydroxylation is 2. The number of halogens is 1. The van der Waals surface area contributed by atoms with Crippen molar-refractivity contribution < 1.29 is 4.39 Å². The molecule has 0 aliphatic heterocycles. The van der Waals surface area contributed by atoms with Crippen LogP contribution in [-0.4, -0.2) is 6.26 Å². The van der Waals surface area contributed by atoms with E-state index in [-0.39, 0.29) is 11.9 Å². The molecule has 2 aromatic rings. The van der Waals surface area contributed by atoms with Crippen LogP contribution in [0.4, 0.5) is 4.39 Å². The molecule has 19 heavy (non-hydrogen) atoms. The molecule has 0 radical (unpaired) electrons. The van der Waals surface area contributed by atoms with E-state index in [1.54, 1.807) is 25.6 Å². The monoisotopic (exact) mass is 275 g/mol. The Balaban J connectivity index is 2.47. The SMILES string of the molecule is CSc1ccccc1C(N)c1cc(C)c(F)c(C)c1. The summed E-state index contributed by atoms with van der Waals surface area (Å²) in [4.78, 5) is 1.16. The van der Waals surface area contributed by atoms with Crippen LogP contribution in [0.3, 0.4) is 0 Å². The lowest BCUT2D eigenvalue weighted by Gasteiger charge is -2.17. The Morgan fingerprint density at radius 3 is 2.26 bits per heavy atom. The van der Waals surface area contributed by atoms with Crippen molar-refractivity contribution in [2.45, 2.75) is 24.8 Å². The maximum absolute atomic E-state index is 13.7. The molecule has 1 nitrogen and oxygen atoms in total. The molecule has 2 N–H and O–H groups in total. The number of thioether (sulfide) groups is 1. The Morgan fingerprint density at radius 1 is 1.11 bits per heavy atom. The van der Waals surface area contributed by atoms with Crippen LogP contribution >= 0.6 is 11.8 Å². The van der Waals surface area contributed by atoms with Crippen molar-refractivity contribution >= 4 is 11.8 Å². The average Bonchev–Trinajstić information content (AvgIpc) is 2.43. The standard InChI is InChI=1S/C16H18FNS/c1-10-8-12(9-11(2)15(10)17)16(18)13-6-4-5-7-14(13)19-3/h4-9,16H,18H2,1-3H3. The second-order valence-electron chi connectivity index (χ2n) is 4.69. The second kappa shape index (κ2) is 5.76. The van der Waals surface area contributed by atoms with Gasteiger partial charge in [0.2, 0.25) is 0 Å². The van der Waals surface area contributed by atoms with Gasteiger partial charge in [0.1, 0.15) is 5.82 Å². The van der Waals surface area contributed by atoms with Gasteiger partial charge in [0.05, 0.1) is 6.04 Å². The van der Waals surface area contributed by atoms with E-state index in [0.29, 0.717) is 11.1 Å². The van der Waals surface area contributed by atoms with Gasteiger partial charge in [-0.15, -0.1) is 11.8 Å². The average molecular weight is 275 g/mol. The number of nitrogens with two attached hydrogens (primary N) is 1. The fraction of sp³-hybridized carbons (Fsp3) is 0.250. The number of hydrogen-bond donors (Lipinski definition) is 1. The third kappa shape index (κ3) is 2.82. The summed E-state index contributed by atoms with van der Waals surface area (Å²) in [6.45, 7) is 3.55. The Labute approximate surface area is 118 Å². The van der Waals surface area contributed by atoms with E-state index in [0.717, 1.165) is 16.0 Å². The summed E-state index contributed by atoms with van der Waals surface area (Å²) in [5, 5.41) is 0. The Morgan fingerprint density at radius 2 is 1.68 bits per heavy atom. The number of hydrogen-bond acceptors (Lipinski definition) is 2. The molecule has 1 atom stereocenters. The molecular formula is C16H18FNS. The van der Waals surface area contributed by atoms with Gasteiger partial charge in [-0.2, -0.15) is 0 Å². The van der Waals surface area contributed by atoms with Gasteiger partial charge >= 0.3 is 0 Å². The molecule has 100 valence electrons. The summed E-state index contributed by atoms with van der Waals surface area (Å²) >= 11 is 1.68. The molecule has 2 aromatic carbocycles. The number of rotatable bonds is 3. The molecule has 0 aliphatic rings. The minimum absolute atomic E-state index is 0.144. The predicted molar refractivity (Wildman–Crippen MR) is 80.1 cm³/mol. The van der Waals surface area contributed by atoms with Crippen LogP contribution in [0.1, 0.15) is 28.3 Å². The zero-order chi connectivity index (χ0) is 14.0. The van der Waals surface area contributed by atoms with E-state index in [1.165, 1.54) is 0 Å². The maximum Gasteiger partial charge on any atom is 0.129 e. The van der Waals surface area contributed by atoms with Crippen molar-refractivity contribution in [3.8, 4) is 0 Å². The van der Waals surface area contributed by atoms with Gasteiger partial charge in [0.15, 0.2) is 0 Å². The highest BCUT2D eigenvalue weighted by molar-refractivity contribution is 7.98. The van der Waals surface area contributed by atoms with Crippen molar-refractivity contribution in [1.29, 1.82) is 0 Å². The van der Waals surface area contributed by atoms with Gasteiger partial charge in [0, 0.05) is 4.90 Å². The second-order valence-corrected chi connectivity index (χ2v) is 5.54. The Hall–Kier alpha value is -1.32. The third-order valence-electron chi connectivity index (χ3n) is 3.29. The first-order chi connectivity index (χ1) is 9.04. The highest BCUT2D eigenvalue weighted by atomic mass is 32.2. The topological polar surface area (TPSA) is 26.0 Å². The lowest BCUT2D eigenvalue weighted by molar-refractivity contribution is 0.607. The van der Waals surface area contributed by atoms with Gasteiger partial charge in [-0.1, -0.05) is 30.3 Å². The van der Waals surface area contributed by atoms with Gasteiger partial charge in [0.25, 0.3) is 0 Å². The molecule has 0 amide bonds. The van der Waals surface area contributed by atoms with Crippen LogP contribution < -0.4 is 5.73 Å². The first kappa shape index (κ1) is 14.1. The molecule has 0 heterocycles. The van der Waals surface area contributed by atoms with Gasteiger partial charge in [-0.3, -0.25) is 0 Å². The van der Waals surface area contributed by atoms with Crippen LogP contribution in [-0.2, 0) is 0 Å². The molecule has 0 saturated heterocycles. The van der Waals surface area contributed by atoms with E-state index in [9.17, 15) is 4.39 Å². The van der Waals surface area contributed by atoms with Crippen LogP contribution in [0, 0.1) is 19.7 Å². The molecule has 0 aliphatic carbocycles. The smallest absolute Gasteiger partial charge is 0.129 e. The van der Waals surface area contributed by atoms with Crippen molar-refractivity contribution in [1.82, 2.24) is 0 Å². The summed E-state index contributed by atoms with van der Waals surface area (Å²) in [5.41, 5.74) is 9.68. The summed E-state index contributed by atoms with van der Waals surface area (Å²) in [6.07, 6.45) is 2.03. The Kier molecular flexibility index (Phi) is 4.27. The highest BCUT2D eigenvalue weighted by Crippen LogP contribution is 2.30. The summed E-state index contributed by atoms with van der Waals surface area (Å²) in [6, 6.07) is 11.5. The molecule has 2 rings (SSSR count). The lowest BCUT2D eigenvalue weighted by Crippen LogP contribution is -2.13. The van der Waals surface area contributed by atoms with Crippen LogP contribution in [0.15, 0.2) is 41.3 Å². The van der Waals surface area contributed by atoms with E-state index in [1.807, 2.05) is 36.6 Å². The minimum atomic E-state index is -0.221. The first-order valence-electron chi connectivity index (χ1n) is 6.19. The third-order valence-corrected chi connectivity index (χ3v) is 4.10. The molecule has 0 aromatic heterocycles. The molecule has 0 saturated carbocycles. The Bertz CT molecular complexity index is 572. The summed E-state index contributed by atoms with van der Waals surface area (Å²) < 4.78 is 13.7. The highest BCUT2D eigenvalue weighted by Gasteiger charge is 2.15. The zero-order valence-corrected chi connectivity index (χ0v) is 12.2. The molecule has 0 bridgehead atoms. The first-order valence-corrected chi connectivity index (χ1v) is 7.42. The molecule has 3 heteroatoms. The fourth-order valence-corrected chi connectivity index (χ4v) is 2.91. The van der Waals surface area contributed by atoms with Gasteiger partial charge in [-0.05, 0) is 48.4 Å². The predicted octanol–water partition coefficient (Wildman–Crippen LogP) is 4.21. The maximum atomic E-state index is 13.7. The lowest BCUT2D eigenvalue weighted by atomic mass is 9.96.